The number of hydrogen-bond acceptors (Lipinski definition) is 4. The number of ether oxygens (including phenoxy) is 2. The lowest BCUT2D eigenvalue weighted by molar-refractivity contribution is 0.144. The van der Waals surface area contributed by atoms with Crippen LogP contribution >= 0.6 is 0 Å². The van der Waals surface area contributed by atoms with E-state index in [-0.39, 0.29) is 0 Å². The molecule has 0 unspecified atom stereocenters. The summed E-state index contributed by atoms with van der Waals surface area (Å²) in [6.07, 6.45) is 3.56. The number of benzene rings is 1. The maximum atomic E-state index is 5.39. The van der Waals surface area contributed by atoms with Gasteiger partial charge in [0.2, 0.25) is 0 Å². The van der Waals surface area contributed by atoms with Crippen LogP contribution in [0.15, 0.2) is 23.2 Å². The minimum Gasteiger partial charge on any atom is -0.496 e. The van der Waals surface area contributed by atoms with Crippen LogP contribution in [0.25, 0.3) is 0 Å². The van der Waals surface area contributed by atoms with Crippen LogP contribution < -0.4 is 15.4 Å². The molecular formula is C20H34N4O2. The molecular weight excluding hydrogens is 328 g/mol. The van der Waals surface area contributed by atoms with E-state index in [1.807, 2.05) is 7.05 Å². The Balaban J connectivity index is 1.69. The predicted molar refractivity (Wildman–Crippen MR) is 107 cm³/mol. The van der Waals surface area contributed by atoms with E-state index in [9.17, 15) is 0 Å². The standard InChI is InChI=1S/C20H34N4O2/c1-16-5-6-17(15-19(16)26-4)9-10-22-20(21-2)23-11-12-24(13-14-25-3)18-7-8-18/h5-6,15,18H,7-14H2,1-4H3,(H2,21,22,23). The molecule has 0 radical (unpaired) electrons. The van der Waals surface area contributed by atoms with Crippen LogP contribution in [-0.2, 0) is 11.2 Å². The van der Waals surface area contributed by atoms with Gasteiger partial charge in [-0.15, -0.1) is 0 Å². The van der Waals surface area contributed by atoms with Crippen molar-refractivity contribution < 1.29 is 9.47 Å². The van der Waals surface area contributed by atoms with E-state index in [2.05, 4.69) is 45.6 Å². The van der Waals surface area contributed by atoms with Gasteiger partial charge in [0.15, 0.2) is 5.96 Å². The van der Waals surface area contributed by atoms with E-state index >= 15 is 0 Å². The van der Waals surface area contributed by atoms with E-state index < -0.39 is 0 Å². The Morgan fingerprint density at radius 1 is 1.19 bits per heavy atom. The number of nitrogens with one attached hydrogen (secondary N) is 2. The Bertz CT molecular complexity index is 573. The average Bonchev–Trinajstić information content (AvgIpc) is 3.49. The molecule has 0 bridgehead atoms. The van der Waals surface area contributed by atoms with Crippen LogP contribution in [0.1, 0.15) is 24.0 Å². The van der Waals surface area contributed by atoms with Crippen molar-refractivity contribution in [2.45, 2.75) is 32.2 Å². The first kappa shape index (κ1) is 20.5. The molecule has 1 saturated carbocycles. The first-order valence-electron chi connectivity index (χ1n) is 9.49. The second kappa shape index (κ2) is 11.0. The molecule has 6 heteroatoms. The quantitative estimate of drug-likeness (QED) is 0.465. The van der Waals surface area contributed by atoms with Crippen LogP contribution in [-0.4, -0.2) is 71.0 Å². The van der Waals surface area contributed by atoms with Crippen molar-refractivity contribution in [1.29, 1.82) is 0 Å². The SMILES string of the molecule is CN=C(NCCc1ccc(C)c(OC)c1)NCCN(CCOC)C1CC1. The van der Waals surface area contributed by atoms with E-state index in [1.54, 1.807) is 14.2 Å². The summed E-state index contributed by atoms with van der Waals surface area (Å²) in [5.41, 5.74) is 2.42. The normalized spacial score (nSPS) is 14.6. The second-order valence-electron chi connectivity index (χ2n) is 6.74. The topological polar surface area (TPSA) is 58.1 Å². The Kier molecular flexibility index (Phi) is 8.71. The molecule has 26 heavy (non-hydrogen) atoms. The van der Waals surface area contributed by atoms with Gasteiger partial charge in [-0.05, 0) is 43.4 Å². The zero-order valence-corrected chi connectivity index (χ0v) is 16.7. The monoisotopic (exact) mass is 362 g/mol. The fraction of sp³-hybridized carbons (Fsp3) is 0.650. The van der Waals surface area contributed by atoms with Crippen molar-refractivity contribution in [2.75, 3.05) is 54.1 Å². The van der Waals surface area contributed by atoms with E-state index in [0.717, 1.165) is 62.5 Å². The molecule has 1 aliphatic rings. The van der Waals surface area contributed by atoms with E-state index in [4.69, 9.17) is 9.47 Å². The molecule has 0 aliphatic heterocycles. The van der Waals surface area contributed by atoms with Crippen LogP contribution in [0, 0.1) is 6.92 Å². The Hall–Kier alpha value is -1.79. The Morgan fingerprint density at radius 3 is 2.62 bits per heavy atom. The zero-order chi connectivity index (χ0) is 18.8. The van der Waals surface area contributed by atoms with Gasteiger partial charge in [0.25, 0.3) is 0 Å². The lowest BCUT2D eigenvalue weighted by Gasteiger charge is -2.22. The van der Waals surface area contributed by atoms with Crippen LogP contribution in [0.4, 0.5) is 0 Å². The molecule has 1 aromatic carbocycles. The van der Waals surface area contributed by atoms with Crippen molar-refractivity contribution in [3.05, 3.63) is 29.3 Å². The van der Waals surface area contributed by atoms with Crippen LogP contribution in [0.5, 0.6) is 5.75 Å². The van der Waals surface area contributed by atoms with Crippen molar-refractivity contribution in [3.8, 4) is 5.75 Å². The van der Waals surface area contributed by atoms with Gasteiger partial charge in [-0.3, -0.25) is 9.89 Å². The highest BCUT2D eigenvalue weighted by molar-refractivity contribution is 5.79. The second-order valence-corrected chi connectivity index (χ2v) is 6.74. The summed E-state index contributed by atoms with van der Waals surface area (Å²) in [5, 5.41) is 6.80. The van der Waals surface area contributed by atoms with Crippen LogP contribution in [0.2, 0.25) is 0 Å². The molecule has 0 amide bonds. The summed E-state index contributed by atoms with van der Waals surface area (Å²) in [7, 11) is 5.29. The fourth-order valence-electron chi connectivity index (χ4n) is 3.01. The molecule has 0 heterocycles. The van der Waals surface area contributed by atoms with Gasteiger partial charge in [-0.2, -0.15) is 0 Å². The molecule has 0 saturated heterocycles. The maximum Gasteiger partial charge on any atom is 0.191 e. The molecule has 2 rings (SSSR count). The average molecular weight is 363 g/mol. The third-order valence-corrected chi connectivity index (χ3v) is 4.74. The van der Waals surface area contributed by atoms with Crippen molar-refractivity contribution in [2.24, 2.45) is 4.99 Å². The van der Waals surface area contributed by atoms with Gasteiger partial charge in [-0.25, -0.2) is 0 Å². The molecule has 1 aromatic rings. The molecule has 146 valence electrons. The van der Waals surface area contributed by atoms with Gasteiger partial charge in [0.1, 0.15) is 5.75 Å². The number of nitrogens with zero attached hydrogens (tertiary/aromatic N) is 2. The highest BCUT2D eigenvalue weighted by Gasteiger charge is 2.28. The molecule has 0 aromatic heterocycles. The molecule has 2 N–H and O–H groups in total. The Labute approximate surface area is 158 Å². The van der Waals surface area contributed by atoms with E-state index in [1.165, 1.54) is 18.4 Å². The van der Waals surface area contributed by atoms with Gasteiger partial charge in [0, 0.05) is 46.4 Å². The summed E-state index contributed by atoms with van der Waals surface area (Å²) in [4.78, 5) is 6.82. The summed E-state index contributed by atoms with van der Waals surface area (Å²) >= 11 is 0. The van der Waals surface area contributed by atoms with E-state index in [0.29, 0.717) is 0 Å². The first-order chi connectivity index (χ1) is 12.7. The Morgan fingerprint density at radius 2 is 1.96 bits per heavy atom. The highest BCUT2D eigenvalue weighted by atomic mass is 16.5. The summed E-state index contributed by atoms with van der Waals surface area (Å²) in [6, 6.07) is 7.11. The van der Waals surface area contributed by atoms with Crippen molar-refractivity contribution in [3.63, 3.8) is 0 Å². The number of aryl methyl sites for hydroxylation is 1. The van der Waals surface area contributed by atoms with Crippen molar-refractivity contribution in [1.82, 2.24) is 15.5 Å². The smallest absolute Gasteiger partial charge is 0.191 e. The first-order valence-corrected chi connectivity index (χ1v) is 9.49. The van der Waals surface area contributed by atoms with Crippen LogP contribution in [0.3, 0.4) is 0 Å². The van der Waals surface area contributed by atoms with Gasteiger partial charge in [-0.1, -0.05) is 12.1 Å². The third kappa shape index (κ3) is 6.84. The third-order valence-electron chi connectivity index (χ3n) is 4.74. The van der Waals surface area contributed by atoms with Gasteiger partial charge < -0.3 is 20.1 Å². The highest BCUT2D eigenvalue weighted by Crippen LogP contribution is 2.26. The minimum atomic E-state index is 0.749. The molecule has 6 nitrogen and oxygen atoms in total. The number of aliphatic imine (C=N–C) groups is 1. The number of hydrogen-bond donors (Lipinski definition) is 2. The van der Waals surface area contributed by atoms with Crippen molar-refractivity contribution >= 4 is 5.96 Å². The lowest BCUT2D eigenvalue weighted by Crippen LogP contribution is -2.43. The number of rotatable bonds is 11. The molecule has 1 aliphatic carbocycles. The van der Waals surface area contributed by atoms with Gasteiger partial charge in [0.05, 0.1) is 13.7 Å². The lowest BCUT2D eigenvalue weighted by atomic mass is 10.1. The minimum absolute atomic E-state index is 0.749. The zero-order valence-electron chi connectivity index (χ0n) is 16.7. The molecule has 0 atom stereocenters. The summed E-state index contributed by atoms with van der Waals surface area (Å²) < 4.78 is 10.6. The predicted octanol–water partition coefficient (Wildman–Crippen LogP) is 1.82. The number of methoxy groups -OCH3 is 2. The molecule has 1 fully saturated rings. The largest absolute Gasteiger partial charge is 0.496 e. The maximum absolute atomic E-state index is 5.39. The fourth-order valence-corrected chi connectivity index (χ4v) is 3.01. The summed E-state index contributed by atoms with van der Waals surface area (Å²) in [6.45, 7) is 6.60. The number of guanidine groups is 1. The van der Waals surface area contributed by atoms with Gasteiger partial charge >= 0.3 is 0 Å². The molecule has 0 spiro atoms. The summed E-state index contributed by atoms with van der Waals surface area (Å²) in [5.74, 6) is 1.80.